The predicted octanol–water partition coefficient (Wildman–Crippen LogP) is 2.54. The van der Waals surface area contributed by atoms with E-state index in [9.17, 15) is 4.79 Å². The van der Waals surface area contributed by atoms with Crippen molar-refractivity contribution in [1.29, 1.82) is 0 Å². The van der Waals surface area contributed by atoms with Crippen LogP contribution in [0.25, 0.3) is 0 Å². The van der Waals surface area contributed by atoms with Crippen LogP contribution in [0.15, 0.2) is 12.1 Å². The molecule has 2 aliphatic rings. The Morgan fingerprint density at radius 2 is 1.76 bits per heavy atom. The molecule has 1 aliphatic carbocycles. The van der Waals surface area contributed by atoms with Gasteiger partial charge in [0.25, 0.3) is 0 Å². The number of rotatable bonds is 4. The SMILES string of the molecule is COc1cc2c(cc1OC)C(=O)C(CN1CCCCC1)C2. The number of piperidine rings is 1. The molecule has 3 rings (SSSR count). The number of Topliss-reactive ketones (excluding diaryl/α,β-unsaturated/α-hetero) is 1. The molecule has 1 fully saturated rings. The van der Waals surface area contributed by atoms with Crippen molar-refractivity contribution in [3.8, 4) is 11.5 Å². The van der Waals surface area contributed by atoms with Gasteiger partial charge in [-0.25, -0.2) is 0 Å². The van der Waals surface area contributed by atoms with Gasteiger partial charge in [-0.2, -0.15) is 0 Å². The van der Waals surface area contributed by atoms with Crippen LogP contribution in [0.5, 0.6) is 11.5 Å². The van der Waals surface area contributed by atoms with Crippen LogP contribution >= 0.6 is 0 Å². The summed E-state index contributed by atoms with van der Waals surface area (Å²) in [7, 11) is 3.24. The van der Waals surface area contributed by atoms with Gasteiger partial charge >= 0.3 is 0 Å². The first-order chi connectivity index (χ1) is 10.2. The summed E-state index contributed by atoms with van der Waals surface area (Å²) in [6.07, 6.45) is 4.67. The zero-order chi connectivity index (χ0) is 14.8. The van der Waals surface area contributed by atoms with Crippen LogP contribution in [0.4, 0.5) is 0 Å². The molecule has 1 aromatic rings. The molecule has 0 amide bonds. The van der Waals surface area contributed by atoms with Crippen LogP contribution in [0.1, 0.15) is 35.2 Å². The highest BCUT2D eigenvalue weighted by Gasteiger charge is 2.33. The molecule has 0 spiro atoms. The molecule has 0 bridgehead atoms. The molecule has 0 saturated carbocycles. The fourth-order valence-electron chi connectivity index (χ4n) is 3.50. The molecule has 1 aromatic carbocycles. The van der Waals surface area contributed by atoms with E-state index in [1.54, 1.807) is 14.2 Å². The summed E-state index contributed by atoms with van der Waals surface area (Å²) in [6.45, 7) is 3.15. The summed E-state index contributed by atoms with van der Waals surface area (Å²) in [6, 6.07) is 3.80. The smallest absolute Gasteiger partial charge is 0.167 e. The number of carbonyl (C=O) groups excluding carboxylic acids is 1. The third-order valence-electron chi connectivity index (χ3n) is 4.64. The quantitative estimate of drug-likeness (QED) is 0.854. The number of fused-ring (bicyclic) bond motifs is 1. The van der Waals surface area contributed by atoms with E-state index in [0.29, 0.717) is 11.5 Å². The molecule has 0 aromatic heterocycles. The lowest BCUT2D eigenvalue weighted by atomic mass is 10.0. The monoisotopic (exact) mass is 289 g/mol. The maximum atomic E-state index is 12.6. The molecular formula is C17H23NO3. The molecule has 4 nitrogen and oxygen atoms in total. The van der Waals surface area contributed by atoms with Gasteiger partial charge in [-0.1, -0.05) is 6.42 Å². The van der Waals surface area contributed by atoms with Gasteiger partial charge in [0.05, 0.1) is 14.2 Å². The number of carbonyl (C=O) groups is 1. The zero-order valence-corrected chi connectivity index (χ0v) is 12.9. The molecule has 1 aliphatic heterocycles. The van der Waals surface area contributed by atoms with Gasteiger partial charge in [0.1, 0.15) is 0 Å². The van der Waals surface area contributed by atoms with Gasteiger partial charge in [0.15, 0.2) is 17.3 Å². The Kier molecular flexibility index (Phi) is 4.15. The van der Waals surface area contributed by atoms with E-state index in [-0.39, 0.29) is 11.7 Å². The third-order valence-corrected chi connectivity index (χ3v) is 4.64. The average Bonchev–Trinajstić information content (AvgIpc) is 2.82. The molecule has 21 heavy (non-hydrogen) atoms. The standard InChI is InChI=1S/C17H23NO3/c1-20-15-9-12-8-13(11-18-6-4-3-5-7-18)17(19)14(12)10-16(15)21-2/h9-10,13H,3-8,11H2,1-2H3. The Hall–Kier alpha value is -1.55. The number of benzene rings is 1. The van der Waals surface area contributed by atoms with Crippen LogP contribution in [-0.2, 0) is 6.42 Å². The Morgan fingerprint density at radius 3 is 2.43 bits per heavy atom. The summed E-state index contributed by atoms with van der Waals surface area (Å²) < 4.78 is 10.6. The fourth-order valence-corrected chi connectivity index (χ4v) is 3.50. The summed E-state index contributed by atoms with van der Waals surface area (Å²) in [5.41, 5.74) is 1.91. The van der Waals surface area contributed by atoms with Gasteiger partial charge in [-0.05, 0) is 50.0 Å². The van der Waals surface area contributed by atoms with Crippen molar-refractivity contribution in [3.05, 3.63) is 23.3 Å². The Morgan fingerprint density at radius 1 is 1.10 bits per heavy atom. The lowest BCUT2D eigenvalue weighted by Gasteiger charge is -2.28. The minimum Gasteiger partial charge on any atom is -0.493 e. The summed E-state index contributed by atoms with van der Waals surface area (Å²) in [4.78, 5) is 15.1. The second-order valence-corrected chi connectivity index (χ2v) is 5.99. The number of hydrogen-bond acceptors (Lipinski definition) is 4. The normalized spacial score (nSPS) is 22.2. The summed E-state index contributed by atoms with van der Waals surface area (Å²) in [5, 5.41) is 0. The van der Waals surface area contributed by atoms with E-state index in [1.807, 2.05) is 12.1 Å². The number of hydrogen-bond donors (Lipinski definition) is 0. The predicted molar refractivity (Wildman–Crippen MR) is 81.4 cm³/mol. The van der Waals surface area contributed by atoms with E-state index in [2.05, 4.69) is 4.90 Å². The minimum atomic E-state index is 0.0925. The average molecular weight is 289 g/mol. The number of nitrogens with zero attached hydrogens (tertiary/aromatic N) is 1. The highest BCUT2D eigenvalue weighted by molar-refractivity contribution is 6.03. The first-order valence-corrected chi connectivity index (χ1v) is 7.74. The van der Waals surface area contributed by atoms with Crippen LogP contribution in [0.2, 0.25) is 0 Å². The molecule has 114 valence electrons. The summed E-state index contributed by atoms with van der Waals surface area (Å²) >= 11 is 0. The lowest BCUT2D eigenvalue weighted by Crippen LogP contribution is -2.36. The van der Waals surface area contributed by atoms with Crippen molar-refractivity contribution >= 4 is 5.78 Å². The highest BCUT2D eigenvalue weighted by atomic mass is 16.5. The van der Waals surface area contributed by atoms with Crippen molar-refractivity contribution in [2.45, 2.75) is 25.7 Å². The first kappa shape index (κ1) is 14.4. The van der Waals surface area contributed by atoms with E-state index in [4.69, 9.17) is 9.47 Å². The van der Waals surface area contributed by atoms with E-state index >= 15 is 0 Å². The maximum absolute atomic E-state index is 12.6. The van der Waals surface area contributed by atoms with Crippen molar-refractivity contribution in [2.75, 3.05) is 33.9 Å². The molecule has 0 N–H and O–H groups in total. The van der Waals surface area contributed by atoms with Gasteiger partial charge in [-0.3, -0.25) is 4.79 Å². The molecule has 1 saturated heterocycles. The third kappa shape index (κ3) is 2.77. The second-order valence-electron chi connectivity index (χ2n) is 5.99. The largest absolute Gasteiger partial charge is 0.493 e. The lowest BCUT2D eigenvalue weighted by molar-refractivity contribution is 0.0889. The second kappa shape index (κ2) is 6.06. The maximum Gasteiger partial charge on any atom is 0.167 e. The van der Waals surface area contributed by atoms with Crippen molar-refractivity contribution in [1.82, 2.24) is 4.90 Å². The number of ether oxygens (including phenoxy) is 2. The molecule has 1 heterocycles. The summed E-state index contributed by atoms with van der Waals surface area (Å²) in [5.74, 6) is 1.71. The van der Waals surface area contributed by atoms with Crippen molar-refractivity contribution in [2.24, 2.45) is 5.92 Å². The number of likely N-dealkylation sites (tertiary alicyclic amines) is 1. The van der Waals surface area contributed by atoms with Crippen molar-refractivity contribution < 1.29 is 14.3 Å². The minimum absolute atomic E-state index is 0.0925. The Labute approximate surface area is 126 Å². The van der Waals surface area contributed by atoms with Crippen molar-refractivity contribution in [3.63, 3.8) is 0 Å². The van der Waals surface area contributed by atoms with Crippen LogP contribution in [-0.4, -0.2) is 44.5 Å². The fraction of sp³-hybridized carbons (Fsp3) is 0.588. The van der Waals surface area contributed by atoms with E-state index in [0.717, 1.165) is 37.2 Å². The van der Waals surface area contributed by atoms with E-state index < -0.39 is 0 Å². The Bertz CT molecular complexity index is 535. The van der Waals surface area contributed by atoms with Gasteiger partial charge in [0, 0.05) is 18.0 Å². The van der Waals surface area contributed by atoms with Crippen LogP contribution < -0.4 is 9.47 Å². The highest BCUT2D eigenvalue weighted by Crippen LogP contribution is 2.37. The number of methoxy groups -OCH3 is 2. The Balaban J connectivity index is 1.78. The zero-order valence-electron chi connectivity index (χ0n) is 12.9. The van der Waals surface area contributed by atoms with Crippen LogP contribution in [0, 0.1) is 5.92 Å². The van der Waals surface area contributed by atoms with Gasteiger partial charge in [0.2, 0.25) is 0 Å². The first-order valence-electron chi connectivity index (χ1n) is 7.74. The molecule has 1 unspecified atom stereocenters. The molecular weight excluding hydrogens is 266 g/mol. The number of ketones is 1. The molecule has 4 heteroatoms. The molecule has 1 atom stereocenters. The van der Waals surface area contributed by atoms with Gasteiger partial charge < -0.3 is 14.4 Å². The topological polar surface area (TPSA) is 38.8 Å². The molecule has 0 radical (unpaired) electrons. The van der Waals surface area contributed by atoms with Crippen LogP contribution in [0.3, 0.4) is 0 Å². The van der Waals surface area contributed by atoms with Gasteiger partial charge in [-0.15, -0.1) is 0 Å². The van der Waals surface area contributed by atoms with E-state index in [1.165, 1.54) is 19.3 Å².